The Bertz CT molecular complexity index is 799. The van der Waals surface area contributed by atoms with Gasteiger partial charge in [-0.2, -0.15) is 0 Å². The fourth-order valence-electron chi connectivity index (χ4n) is 2.81. The maximum Gasteiger partial charge on any atom is 0.303 e. The molecule has 7 heteroatoms. The topological polar surface area (TPSA) is 78.9 Å². The van der Waals surface area contributed by atoms with Crippen molar-refractivity contribution in [2.24, 2.45) is 0 Å². The lowest BCUT2D eigenvalue weighted by Crippen LogP contribution is -2.39. The van der Waals surface area contributed by atoms with Crippen molar-refractivity contribution < 1.29 is 19.4 Å². The van der Waals surface area contributed by atoms with Gasteiger partial charge >= 0.3 is 5.97 Å². The van der Waals surface area contributed by atoms with E-state index in [0.29, 0.717) is 6.42 Å². The highest BCUT2D eigenvalue weighted by atomic mass is 32.1. The SMILES string of the molecule is COc1ccc([C@H]2C=C(c3cccs3)NN2C(=O)CCCC(=O)O)cc1. The van der Waals surface area contributed by atoms with E-state index in [1.165, 1.54) is 0 Å². The number of hydrogen-bond donors (Lipinski definition) is 2. The fraction of sp³-hybridized carbons (Fsp3) is 0.263. The first-order valence-corrected chi connectivity index (χ1v) is 9.16. The molecule has 1 amide bonds. The van der Waals surface area contributed by atoms with Gasteiger partial charge in [0.15, 0.2) is 0 Å². The average Bonchev–Trinajstić information content (AvgIpc) is 3.31. The molecule has 26 heavy (non-hydrogen) atoms. The van der Waals surface area contributed by atoms with Crippen molar-refractivity contribution in [1.82, 2.24) is 10.4 Å². The highest BCUT2D eigenvalue weighted by Crippen LogP contribution is 2.34. The molecule has 0 saturated carbocycles. The molecule has 2 N–H and O–H groups in total. The highest BCUT2D eigenvalue weighted by molar-refractivity contribution is 7.11. The van der Waals surface area contributed by atoms with Gasteiger partial charge in [-0.25, -0.2) is 5.01 Å². The number of ether oxygens (including phenoxy) is 1. The van der Waals surface area contributed by atoms with Crippen molar-refractivity contribution in [3.05, 3.63) is 58.3 Å². The summed E-state index contributed by atoms with van der Waals surface area (Å²) in [6.07, 6.45) is 2.49. The summed E-state index contributed by atoms with van der Waals surface area (Å²) in [7, 11) is 1.61. The van der Waals surface area contributed by atoms with E-state index in [-0.39, 0.29) is 24.8 Å². The van der Waals surface area contributed by atoms with Crippen LogP contribution in [0.1, 0.15) is 35.7 Å². The van der Waals surface area contributed by atoms with Crippen molar-refractivity contribution in [2.75, 3.05) is 7.11 Å². The Hall–Kier alpha value is -2.80. The lowest BCUT2D eigenvalue weighted by molar-refractivity contribution is -0.137. The monoisotopic (exact) mass is 372 g/mol. The smallest absolute Gasteiger partial charge is 0.303 e. The summed E-state index contributed by atoms with van der Waals surface area (Å²) in [5.41, 5.74) is 5.02. The minimum Gasteiger partial charge on any atom is -0.497 e. The van der Waals surface area contributed by atoms with Gasteiger partial charge < -0.3 is 9.84 Å². The molecule has 136 valence electrons. The van der Waals surface area contributed by atoms with E-state index in [0.717, 1.165) is 21.9 Å². The van der Waals surface area contributed by atoms with Gasteiger partial charge in [0.05, 0.1) is 23.7 Å². The second kappa shape index (κ2) is 8.05. The first-order valence-electron chi connectivity index (χ1n) is 8.28. The molecule has 2 heterocycles. The Morgan fingerprint density at radius 2 is 2.00 bits per heavy atom. The summed E-state index contributed by atoms with van der Waals surface area (Å²) in [4.78, 5) is 24.4. The number of methoxy groups -OCH3 is 1. The van der Waals surface area contributed by atoms with Gasteiger partial charge in [0.2, 0.25) is 5.91 Å². The number of carbonyl (C=O) groups excluding carboxylic acids is 1. The van der Waals surface area contributed by atoms with E-state index in [2.05, 4.69) is 5.43 Å². The second-order valence-corrected chi connectivity index (χ2v) is 6.85. The third-order valence-corrected chi connectivity index (χ3v) is 5.04. The molecule has 1 aliphatic rings. The van der Waals surface area contributed by atoms with Gasteiger partial charge in [0, 0.05) is 12.8 Å². The summed E-state index contributed by atoms with van der Waals surface area (Å²) >= 11 is 1.59. The third kappa shape index (κ3) is 4.05. The number of aliphatic carboxylic acids is 1. The van der Waals surface area contributed by atoms with Gasteiger partial charge in [-0.3, -0.25) is 15.0 Å². The van der Waals surface area contributed by atoms with Crippen LogP contribution in [0.2, 0.25) is 0 Å². The Balaban J connectivity index is 1.81. The molecular weight excluding hydrogens is 352 g/mol. The molecule has 1 aromatic carbocycles. The molecule has 0 aliphatic carbocycles. The Kier molecular flexibility index (Phi) is 5.58. The maximum atomic E-state index is 12.7. The number of thiophene rings is 1. The largest absolute Gasteiger partial charge is 0.497 e. The predicted octanol–water partition coefficient (Wildman–Crippen LogP) is 3.44. The summed E-state index contributed by atoms with van der Waals surface area (Å²) < 4.78 is 5.20. The van der Waals surface area contributed by atoms with Gasteiger partial charge in [-0.1, -0.05) is 18.2 Å². The van der Waals surface area contributed by atoms with Crippen LogP contribution in [0, 0.1) is 0 Å². The van der Waals surface area contributed by atoms with Gasteiger partial charge in [0.1, 0.15) is 5.75 Å². The number of carbonyl (C=O) groups is 2. The maximum absolute atomic E-state index is 12.7. The molecular formula is C19H20N2O4S. The number of rotatable bonds is 7. The average molecular weight is 372 g/mol. The van der Waals surface area contributed by atoms with Crippen molar-refractivity contribution in [3.8, 4) is 5.75 Å². The van der Waals surface area contributed by atoms with E-state index >= 15 is 0 Å². The van der Waals surface area contributed by atoms with Gasteiger partial charge in [-0.05, 0) is 41.6 Å². The lowest BCUT2D eigenvalue weighted by Gasteiger charge is -2.25. The third-order valence-electron chi connectivity index (χ3n) is 4.14. The molecule has 1 aliphatic heterocycles. The number of nitrogens with zero attached hydrogens (tertiary/aromatic N) is 1. The van der Waals surface area contributed by atoms with Crippen LogP contribution < -0.4 is 10.2 Å². The van der Waals surface area contributed by atoms with Crippen LogP contribution in [-0.4, -0.2) is 29.1 Å². The number of hydrogen-bond acceptors (Lipinski definition) is 5. The van der Waals surface area contributed by atoms with Crippen LogP contribution >= 0.6 is 11.3 Å². The molecule has 0 unspecified atom stereocenters. The molecule has 6 nitrogen and oxygen atoms in total. The number of carboxylic acids is 1. The number of benzene rings is 1. The number of amides is 1. The Morgan fingerprint density at radius 3 is 2.62 bits per heavy atom. The Morgan fingerprint density at radius 1 is 1.23 bits per heavy atom. The molecule has 0 bridgehead atoms. The standard InChI is InChI=1S/C19H20N2O4S/c1-25-14-9-7-13(8-10-14)16-12-15(17-4-3-11-26-17)20-21(16)18(22)5-2-6-19(23)24/h3-4,7-12,16,20H,2,5-6H2,1H3,(H,23,24)/t16-/m1/s1. The minimum atomic E-state index is -0.892. The zero-order chi connectivity index (χ0) is 18.5. The molecule has 0 radical (unpaired) electrons. The zero-order valence-electron chi connectivity index (χ0n) is 14.3. The van der Waals surface area contributed by atoms with Crippen LogP contribution in [0.15, 0.2) is 47.9 Å². The molecule has 0 fully saturated rings. The Labute approximate surface area is 155 Å². The van der Waals surface area contributed by atoms with Gasteiger partial charge in [-0.15, -0.1) is 11.3 Å². The second-order valence-electron chi connectivity index (χ2n) is 5.90. The fourth-order valence-corrected chi connectivity index (χ4v) is 3.51. The highest BCUT2D eigenvalue weighted by Gasteiger charge is 2.30. The summed E-state index contributed by atoms with van der Waals surface area (Å²) in [6, 6.07) is 11.3. The zero-order valence-corrected chi connectivity index (χ0v) is 15.2. The van der Waals surface area contributed by atoms with Crippen LogP contribution in [0.4, 0.5) is 0 Å². The van der Waals surface area contributed by atoms with Crippen molar-refractivity contribution in [2.45, 2.75) is 25.3 Å². The molecule has 0 spiro atoms. The summed E-state index contributed by atoms with van der Waals surface area (Å²) in [5.74, 6) is -0.271. The van der Waals surface area contributed by atoms with Crippen LogP contribution in [0.5, 0.6) is 5.75 Å². The van der Waals surface area contributed by atoms with E-state index in [9.17, 15) is 9.59 Å². The normalized spacial score (nSPS) is 16.1. The van der Waals surface area contributed by atoms with Crippen LogP contribution in [0.25, 0.3) is 5.70 Å². The molecule has 3 rings (SSSR count). The first-order chi connectivity index (χ1) is 12.6. The van der Waals surface area contributed by atoms with E-state index in [4.69, 9.17) is 9.84 Å². The predicted molar refractivity (Wildman–Crippen MR) is 99.5 cm³/mol. The van der Waals surface area contributed by atoms with E-state index in [1.54, 1.807) is 23.5 Å². The van der Waals surface area contributed by atoms with E-state index in [1.807, 2.05) is 47.9 Å². The number of hydrazine groups is 1. The molecule has 2 aromatic rings. The quantitative estimate of drug-likeness (QED) is 0.778. The molecule has 1 atom stereocenters. The lowest BCUT2D eigenvalue weighted by atomic mass is 10.1. The van der Waals surface area contributed by atoms with Crippen molar-refractivity contribution in [1.29, 1.82) is 0 Å². The summed E-state index contributed by atoms with van der Waals surface area (Å²) in [5, 5.41) is 12.3. The first kappa shape index (κ1) is 18.0. The van der Waals surface area contributed by atoms with Crippen LogP contribution in [-0.2, 0) is 9.59 Å². The van der Waals surface area contributed by atoms with Crippen LogP contribution in [0.3, 0.4) is 0 Å². The minimum absolute atomic E-state index is 0.0159. The van der Waals surface area contributed by atoms with Crippen molar-refractivity contribution in [3.63, 3.8) is 0 Å². The van der Waals surface area contributed by atoms with E-state index < -0.39 is 5.97 Å². The summed E-state index contributed by atoms with van der Waals surface area (Å²) in [6.45, 7) is 0. The van der Waals surface area contributed by atoms with Gasteiger partial charge in [0.25, 0.3) is 0 Å². The molecule has 0 saturated heterocycles. The number of nitrogens with one attached hydrogen (secondary N) is 1. The van der Waals surface area contributed by atoms with Crippen molar-refractivity contribution >= 4 is 28.9 Å². The molecule has 1 aromatic heterocycles. The number of carboxylic acid groups (broad SMARTS) is 1.